The van der Waals surface area contributed by atoms with Gasteiger partial charge in [-0.25, -0.2) is 0 Å². The first-order chi connectivity index (χ1) is 9.47. The Labute approximate surface area is 122 Å². The molecule has 106 valence electrons. The number of benzene rings is 2. The van der Waals surface area contributed by atoms with Crippen LogP contribution in [0.15, 0.2) is 36.4 Å². The molecule has 0 saturated heterocycles. The Morgan fingerprint density at radius 3 is 2.15 bits per heavy atom. The second-order valence-electron chi connectivity index (χ2n) is 5.86. The number of aliphatic hydroxyl groups excluding tert-OH is 1. The minimum Gasteiger partial charge on any atom is -0.392 e. The number of hydrogen-bond donors (Lipinski definition) is 1. The number of aryl methyl sites for hydroxylation is 4. The van der Waals surface area contributed by atoms with Crippen molar-refractivity contribution in [1.82, 2.24) is 0 Å². The number of hydrogen-bond acceptors (Lipinski definition) is 1. The van der Waals surface area contributed by atoms with Gasteiger partial charge >= 0.3 is 0 Å². The van der Waals surface area contributed by atoms with Crippen molar-refractivity contribution >= 4 is 0 Å². The maximum Gasteiger partial charge on any atom is 0.0621 e. The predicted molar refractivity (Wildman–Crippen MR) is 85.2 cm³/mol. The summed E-state index contributed by atoms with van der Waals surface area (Å²) in [6.07, 6.45) is 1.13. The van der Waals surface area contributed by atoms with E-state index in [2.05, 4.69) is 64.1 Å². The maximum atomic E-state index is 10.4. The third kappa shape index (κ3) is 3.49. The predicted octanol–water partition coefficient (Wildman–Crippen LogP) is 4.07. The summed E-state index contributed by atoms with van der Waals surface area (Å²) in [6.45, 7) is 8.45. The normalized spacial score (nSPS) is 12.4. The highest BCUT2D eigenvalue weighted by Crippen LogP contribution is 2.19. The van der Waals surface area contributed by atoms with Gasteiger partial charge in [0.05, 0.1) is 6.10 Å². The standard InChI is InChI=1S/C19H24O/c1-13-8-9-14(2)17(10-13)11-18(20)12-19-15(3)6-5-7-16(19)4/h5-10,18,20H,11-12H2,1-4H3. The van der Waals surface area contributed by atoms with E-state index in [1.807, 2.05) is 0 Å². The molecule has 2 rings (SSSR count). The van der Waals surface area contributed by atoms with E-state index in [-0.39, 0.29) is 6.10 Å². The molecule has 0 radical (unpaired) electrons. The van der Waals surface area contributed by atoms with Gasteiger partial charge < -0.3 is 5.11 Å². The zero-order chi connectivity index (χ0) is 14.7. The number of rotatable bonds is 4. The summed E-state index contributed by atoms with van der Waals surface area (Å²) >= 11 is 0. The highest BCUT2D eigenvalue weighted by molar-refractivity contribution is 5.35. The fourth-order valence-electron chi connectivity index (χ4n) is 2.75. The zero-order valence-corrected chi connectivity index (χ0v) is 12.9. The average Bonchev–Trinajstić information content (AvgIpc) is 2.38. The first-order valence-electron chi connectivity index (χ1n) is 7.26. The zero-order valence-electron chi connectivity index (χ0n) is 12.9. The molecule has 0 spiro atoms. The monoisotopic (exact) mass is 268 g/mol. The van der Waals surface area contributed by atoms with E-state index >= 15 is 0 Å². The van der Waals surface area contributed by atoms with Crippen LogP contribution in [0.5, 0.6) is 0 Å². The molecule has 0 saturated carbocycles. The lowest BCUT2D eigenvalue weighted by molar-refractivity contribution is 0.175. The quantitative estimate of drug-likeness (QED) is 0.886. The van der Waals surface area contributed by atoms with Crippen LogP contribution in [-0.4, -0.2) is 11.2 Å². The fraction of sp³-hybridized carbons (Fsp3) is 0.368. The number of aliphatic hydroxyl groups is 1. The topological polar surface area (TPSA) is 20.2 Å². The lowest BCUT2D eigenvalue weighted by Gasteiger charge is -2.16. The average molecular weight is 268 g/mol. The van der Waals surface area contributed by atoms with Crippen molar-refractivity contribution in [2.75, 3.05) is 0 Å². The van der Waals surface area contributed by atoms with Crippen LogP contribution >= 0.6 is 0 Å². The van der Waals surface area contributed by atoms with Crippen molar-refractivity contribution in [3.8, 4) is 0 Å². The Hall–Kier alpha value is -1.60. The fourth-order valence-corrected chi connectivity index (χ4v) is 2.75. The van der Waals surface area contributed by atoms with Crippen molar-refractivity contribution in [2.24, 2.45) is 0 Å². The Balaban J connectivity index is 2.13. The van der Waals surface area contributed by atoms with Gasteiger partial charge in [-0.1, -0.05) is 42.0 Å². The Morgan fingerprint density at radius 2 is 1.50 bits per heavy atom. The molecule has 0 aliphatic carbocycles. The first-order valence-corrected chi connectivity index (χ1v) is 7.26. The highest BCUT2D eigenvalue weighted by atomic mass is 16.3. The lowest BCUT2D eigenvalue weighted by atomic mass is 9.93. The van der Waals surface area contributed by atoms with Crippen LogP contribution in [-0.2, 0) is 12.8 Å². The molecule has 0 heterocycles. The minimum atomic E-state index is -0.324. The molecule has 20 heavy (non-hydrogen) atoms. The van der Waals surface area contributed by atoms with Gasteiger partial charge in [-0.15, -0.1) is 0 Å². The van der Waals surface area contributed by atoms with Gasteiger partial charge in [0.25, 0.3) is 0 Å². The van der Waals surface area contributed by atoms with Crippen molar-refractivity contribution in [3.63, 3.8) is 0 Å². The summed E-state index contributed by atoms with van der Waals surface area (Å²) in [5.74, 6) is 0. The van der Waals surface area contributed by atoms with Gasteiger partial charge in [0.1, 0.15) is 0 Å². The highest BCUT2D eigenvalue weighted by Gasteiger charge is 2.12. The van der Waals surface area contributed by atoms with Crippen LogP contribution < -0.4 is 0 Å². The molecule has 0 amide bonds. The molecule has 2 aromatic carbocycles. The van der Waals surface area contributed by atoms with Crippen LogP contribution in [0.2, 0.25) is 0 Å². The van der Waals surface area contributed by atoms with Gasteiger partial charge in [0.15, 0.2) is 0 Å². The molecular weight excluding hydrogens is 244 g/mol. The molecular formula is C19H24O. The Morgan fingerprint density at radius 1 is 0.850 bits per heavy atom. The van der Waals surface area contributed by atoms with Crippen LogP contribution in [0.3, 0.4) is 0 Å². The summed E-state index contributed by atoms with van der Waals surface area (Å²) in [7, 11) is 0. The van der Waals surface area contributed by atoms with Gasteiger partial charge in [0.2, 0.25) is 0 Å². The summed E-state index contributed by atoms with van der Waals surface area (Å²) in [6, 6.07) is 12.8. The Bertz CT molecular complexity index is 578. The van der Waals surface area contributed by atoms with Gasteiger partial charge in [-0.2, -0.15) is 0 Å². The van der Waals surface area contributed by atoms with Crippen molar-refractivity contribution in [1.29, 1.82) is 0 Å². The van der Waals surface area contributed by atoms with E-state index < -0.39 is 0 Å². The van der Waals surface area contributed by atoms with E-state index in [1.165, 1.54) is 33.4 Å². The van der Waals surface area contributed by atoms with Crippen molar-refractivity contribution in [3.05, 3.63) is 69.8 Å². The van der Waals surface area contributed by atoms with Crippen LogP contribution in [0, 0.1) is 27.7 Å². The van der Waals surface area contributed by atoms with E-state index in [9.17, 15) is 5.11 Å². The molecule has 1 heteroatoms. The summed E-state index contributed by atoms with van der Waals surface area (Å²) < 4.78 is 0. The molecule has 1 unspecified atom stereocenters. The third-order valence-electron chi connectivity index (χ3n) is 4.04. The molecule has 0 aliphatic heterocycles. The molecule has 1 atom stereocenters. The van der Waals surface area contributed by atoms with Gasteiger partial charge in [-0.05, 0) is 68.4 Å². The molecule has 0 bridgehead atoms. The first kappa shape index (κ1) is 14.8. The van der Waals surface area contributed by atoms with E-state index in [1.54, 1.807) is 0 Å². The molecule has 2 aromatic rings. The summed E-state index contributed by atoms with van der Waals surface area (Å²) in [5.41, 5.74) is 7.59. The minimum absolute atomic E-state index is 0.324. The molecule has 0 fully saturated rings. The second-order valence-corrected chi connectivity index (χ2v) is 5.86. The summed E-state index contributed by atoms with van der Waals surface area (Å²) in [5, 5.41) is 10.4. The SMILES string of the molecule is Cc1ccc(C)c(CC(O)Cc2c(C)cccc2C)c1. The van der Waals surface area contributed by atoms with Crippen LogP contribution in [0.1, 0.15) is 33.4 Å². The van der Waals surface area contributed by atoms with E-state index in [0.29, 0.717) is 0 Å². The molecule has 0 aromatic heterocycles. The second kappa shape index (κ2) is 6.23. The molecule has 0 aliphatic rings. The third-order valence-corrected chi connectivity index (χ3v) is 4.04. The largest absolute Gasteiger partial charge is 0.392 e. The lowest BCUT2D eigenvalue weighted by Crippen LogP contribution is -2.16. The van der Waals surface area contributed by atoms with E-state index in [0.717, 1.165) is 12.8 Å². The van der Waals surface area contributed by atoms with Crippen LogP contribution in [0.4, 0.5) is 0 Å². The van der Waals surface area contributed by atoms with Gasteiger partial charge in [-0.3, -0.25) is 0 Å². The smallest absolute Gasteiger partial charge is 0.0621 e. The molecule has 1 N–H and O–H groups in total. The van der Waals surface area contributed by atoms with E-state index in [4.69, 9.17) is 0 Å². The van der Waals surface area contributed by atoms with Crippen molar-refractivity contribution in [2.45, 2.75) is 46.6 Å². The molecule has 1 nitrogen and oxygen atoms in total. The van der Waals surface area contributed by atoms with Gasteiger partial charge in [0, 0.05) is 0 Å². The maximum absolute atomic E-state index is 10.4. The van der Waals surface area contributed by atoms with Crippen LogP contribution in [0.25, 0.3) is 0 Å². The van der Waals surface area contributed by atoms with Crippen molar-refractivity contribution < 1.29 is 5.11 Å². The summed E-state index contributed by atoms with van der Waals surface area (Å²) in [4.78, 5) is 0. The Kier molecular flexibility index (Phi) is 4.61.